The predicted molar refractivity (Wildman–Crippen MR) is 73.4 cm³/mol. The van der Waals surface area contributed by atoms with Crippen molar-refractivity contribution in [1.82, 2.24) is 0 Å². The lowest BCUT2D eigenvalue weighted by molar-refractivity contribution is 0.0231. The molecule has 0 radical (unpaired) electrons. The van der Waals surface area contributed by atoms with E-state index in [9.17, 15) is 5.11 Å². The highest BCUT2D eigenvalue weighted by molar-refractivity contribution is 5.26. The first kappa shape index (κ1) is 13.6. The molecule has 5 unspecified atom stereocenters. The van der Waals surface area contributed by atoms with E-state index in [1.807, 2.05) is 12.1 Å². The molecular formula is C16H24O2. The molecule has 1 heterocycles. The fraction of sp³-hybridized carbons (Fsp3) is 0.625. The van der Waals surface area contributed by atoms with Gasteiger partial charge in [-0.2, -0.15) is 0 Å². The summed E-state index contributed by atoms with van der Waals surface area (Å²) in [6, 6.07) is 8.28. The smallest absolute Gasteiger partial charge is 0.0846 e. The molecule has 1 N–H and O–H groups in total. The summed E-state index contributed by atoms with van der Waals surface area (Å²) in [4.78, 5) is 0. The number of rotatable bonds is 3. The van der Waals surface area contributed by atoms with Gasteiger partial charge in [0.05, 0.1) is 18.3 Å². The largest absolute Gasteiger partial charge is 0.388 e. The number of benzene rings is 1. The Hall–Kier alpha value is -0.860. The van der Waals surface area contributed by atoms with Gasteiger partial charge in [0.2, 0.25) is 0 Å². The van der Waals surface area contributed by atoms with Crippen LogP contribution in [0.25, 0.3) is 0 Å². The van der Waals surface area contributed by atoms with Crippen molar-refractivity contribution in [3.8, 4) is 0 Å². The topological polar surface area (TPSA) is 29.5 Å². The summed E-state index contributed by atoms with van der Waals surface area (Å²) in [5, 5.41) is 10.6. The Morgan fingerprint density at radius 1 is 1.22 bits per heavy atom. The van der Waals surface area contributed by atoms with Gasteiger partial charge in [0, 0.05) is 5.92 Å². The summed E-state index contributed by atoms with van der Waals surface area (Å²) in [6.07, 6.45) is 0.930. The molecule has 0 bridgehead atoms. The lowest BCUT2D eigenvalue weighted by Crippen LogP contribution is -2.25. The van der Waals surface area contributed by atoms with E-state index < -0.39 is 6.10 Å². The lowest BCUT2D eigenvalue weighted by atomic mass is 9.82. The van der Waals surface area contributed by atoms with Crippen molar-refractivity contribution < 1.29 is 9.84 Å². The molecule has 2 nitrogen and oxygen atoms in total. The second kappa shape index (κ2) is 5.41. The van der Waals surface area contributed by atoms with Gasteiger partial charge in [-0.3, -0.25) is 0 Å². The molecule has 1 aliphatic heterocycles. The van der Waals surface area contributed by atoms with Crippen molar-refractivity contribution >= 4 is 0 Å². The average Bonchev–Trinajstić information content (AvgIpc) is 2.62. The SMILES string of the molecule is CCc1cccc(C(O)C2C(C)OC(C)C2C)c1. The number of hydrogen-bond acceptors (Lipinski definition) is 2. The monoisotopic (exact) mass is 248 g/mol. The van der Waals surface area contributed by atoms with Crippen molar-refractivity contribution in [2.45, 2.75) is 52.4 Å². The highest BCUT2D eigenvalue weighted by Crippen LogP contribution is 2.40. The lowest BCUT2D eigenvalue weighted by Gasteiger charge is -2.25. The molecule has 1 aromatic rings. The Kier molecular flexibility index (Phi) is 4.08. The molecule has 1 fully saturated rings. The zero-order valence-corrected chi connectivity index (χ0v) is 11.8. The van der Waals surface area contributed by atoms with E-state index in [0.29, 0.717) is 5.92 Å². The number of ether oxygens (including phenoxy) is 1. The zero-order valence-electron chi connectivity index (χ0n) is 11.8. The molecule has 0 saturated carbocycles. The van der Waals surface area contributed by atoms with E-state index in [-0.39, 0.29) is 18.1 Å². The van der Waals surface area contributed by atoms with Crippen LogP contribution in [0.1, 0.15) is 44.9 Å². The number of aliphatic hydroxyl groups is 1. The van der Waals surface area contributed by atoms with Gasteiger partial charge in [-0.05, 0) is 37.3 Å². The molecule has 0 aromatic heterocycles. The average molecular weight is 248 g/mol. The van der Waals surface area contributed by atoms with Crippen molar-refractivity contribution in [3.05, 3.63) is 35.4 Å². The first-order valence-corrected chi connectivity index (χ1v) is 6.97. The van der Waals surface area contributed by atoms with Gasteiger partial charge in [-0.1, -0.05) is 38.1 Å². The predicted octanol–water partition coefficient (Wildman–Crippen LogP) is 3.34. The van der Waals surface area contributed by atoms with Crippen LogP contribution in [0.5, 0.6) is 0 Å². The van der Waals surface area contributed by atoms with E-state index in [4.69, 9.17) is 4.74 Å². The van der Waals surface area contributed by atoms with Gasteiger partial charge in [0.15, 0.2) is 0 Å². The second-order valence-corrected chi connectivity index (χ2v) is 5.53. The maximum atomic E-state index is 10.6. The first-order valence-electron chi connectivity index (χ1n) is 6.97. The molecule has 5 atom stereocenters. The van der Waals surface area contributed by atoms with Crippen LogP contribution >= 0.6 is 0 Å². The summed E-state index contributed by atoms with van der Waals surface area (Å²) in [6.45, 7) is 8.47. The maximum absolute atomic E-state index is 10.6. The van der Waals surface area contributed by atoms with E-state index in [2.05, 4.69) is 39.8 Å². The third kappa shape index (κ3) is 2.45. The standard InChI is InChI=1S/C16H24O2/c1-5-13-7-6-8-14(9-13)16(17)15-10(2)11(3)18-12(15)4/h6-12,15-17H,5H2,1-4H3. The number of hydrogen-bond donors (Lipinski definition) is 1. The normalized spacial score (nSPS) is 33.6. The van der Waals surface area contributed by atoms with Crippen molar-refractivity contribution in [2.75, 3.05) is 0 Å². The van der Waals surface area contributed by atoms with E-state index >= 15 is 0 Å². The molecule has 18 heavy (non-hydrogen) atoms. The van der Waals surface area contributed by atoms with Gasteiger partial charge in [-0.15, -0.1) is 0 Å². The van der Waals surface area contributed by atoms with Crippen LogP contribution in [-0.4, -0.2) is 17.3 Å². The van der Waals surface area contributed by atoms with Crippen LogP contribution in [0, 0.1) is 11.8 Å². The van der Waals surface area contributed by atoms with Crippen molar-refractivity contribution in [3.63, 3.8) is 0 Å². The van der Waals surface area contributed by atoms with Crippen LogP contribution in [0.2, 0.25) is 0 Å². The highest BCUT2D eigenvalue weighted by Gasteiger charge is 2.41. The Morgan fingerprint density at radius 3 is 2.50 bits per heavy atom. The summed E-state index contributed by atoms with van der Waals surface area (Å²) in [5.41, 5.74) is 2.30. The van der Waals surface area contributed by atoms with Crippen LogP contribution in [0.15, 0.2) is 24.3 Å². The molecule has 2 heteroatoms. The molecule has 1 saturated heterocycles. The molecule has 0 aliphatic carbocycles. The maximum Gasteiger partial charge on any atom is 0.0846 e. The van der Waals surface area contributed by atoms with Crippen LogP contribution in [-0.2, 0) is 11.2 Å². The zero-order chi connectivity index (χ0) is 13.3. The Labute approximate surface area is 110 Å². The molecule has 1 aromatic carbocycles. The van der Waals surface area contributed by atoms with Gasteiger partial charge in [0.1, 0.15) is 0 Å². The van der Waals surface area contributed by atoms with E-state index in [1.165, 1.54) is 5.56 Å². The minimum atomic E-state index is -0.425. The molecular weight excluding hydrogens is 224 g/mol. The minimum absolute atomic E-state index is 0.121. The van der Waals surface area contributed by atoms with Crippen molar-refractivity contribution in [2.24, 2.45) is 11.8 Å². The summed E-state index contributed by atoms with van der Waals surface area (Å²) < 4.78 is 5.83. The molecule has 100 valence electrons. The molecule has 0 spiro atoms. The molecule has 2 rings (SSSR count). The number of aryl methyl sites for hydroxylation is 1. The third-order valence-electron chi connectivity index (χ3n) is 4.38. The Balaban J connectivity index is 2.22. The van der Waals surface area contributed by atoms with Gasteiger partial charge < -0.3 is 9.84 Å². The van der Waals surface area contributed by atoms with Crippen LogP contribution in [0.3, 0.4) is 0 Å². The summed E-state index contributed by atoms with van der Waals surface area (Å²) >= 11 is 0. The Bertz CT molecular complexity index is 402. The van der Waals surface area contributed by atoms with Gasteiger partial charge in [-0.25, -0.2) is 0 Å². The van der Waals surface area contributed by atoms with Crippen LogP contribution in [0.4, 0.5) is 0 Å². The molecule has 0 amide bonds. The summed E-state index contributed by atoms with van der Waals surface area (Å²) in [5.74, 6) is 0.576. The van der Waals surface area contributed by atoms with E-state index in [1.54, 1.807) is 0 Å². The van der Waals surface area contributed by atoms with Gasteiger partial charge in [0.25, 0.3) is 0 Å². The third-order valence-corrected chi connectivity index (χ3v) is 4.38. The quantitative estimate of drug-likeness (QED) is 0.889. The summed E-state index contributed by atoms with van der Waals surface area (Å²) in [7, 11) is 0. The molecule has 1 aliphatic rings. The first-order chi connectivity index (χ1) is 8.54. The van der Waals surface area contributed by atoms with Crippen molar-refractivity contribution in [1.29, 1.82) is 0 Å². The van der Waals surface area contributed by atoms with E-state index in [0.717, 1.165) is 12.0 Å². The highest BCUT2D eigenvalue weighted by atomic mass is 16.5. The Morgan fingerprint density at radius 2 is 1.94 bits per heavy atom. The second-order valence-electron chi connectivity index (χ2n) is 5.53. The minimum Gasteiger partial charge on any atom is -0.388 e. The van der Waals surface area contributed by atoms with Gasteiger partial charge >= 0.3 is 0 Å². The fourth-order valence-corrected chi connectivity index (χ4v) is 3.06. The number of aliphatic hydroxyl groups excluding tert-OH is 1. The van der Waals surface area contributed by atoms with Crippen LogP contribution < -0.4 is 0 Å². The fourth-order valence-electron chi connectivity index (χ4n) is 3.06.